The molecular weight excluding hydrogens is 294 g/mol. The van der Waals surface area contributed by atoms with Crippen molar-refractivity contribution < 1.29 is 22.3 Å². The molecule has 18 heavy (non-hydrogen) atoms. The first-order valence-corrected chi connectivity index (χ1v) is 6.44. The lowest BCUT2D eigenvalue weighted by Gasteiger charge is -2.11. The predicted octanol–water partition coefficient (Wildman–Crippen LogP) is -0.0674. The summed E-state index contributed by atoms with van der Waals surface area (Å²) in [6.45, 7) is -0.850. The van der Waals surface area contributed by atoms with E-state index in [0.717, 1.165) is 12.3 Å². The Balaban J connectivity index is 2.87. The molecule has 0 aliphatic rings. The summed E-state index contributed by atoms with van der Waals surface area (Å²) in [5.41, 5.74) is -0.678. The first-order valence-electron chi connectivity index (χ1n) is 4.58. The number of pyridine rings is 1. The second-order valence-corrected chi connectivity index (χ2v) is 5.44. The van der Waals surface area contributed by atoms with Gasteiger partial charge in [0.15, 0.2) is 0 Å². The van der Waals surface area contributed by atoms with Crippen LogP contribution in [0.1, 0.15) is 0 Å². The Kier molecular flexibility index (Phi) is 4.79. The average Bonchev–Trinajstić information content (AvgIpc) is 2.29. The number of hydrogen-bond acceptors (Lipinski definition) is 4. The van der Waals surface area contributed by atoms with E-state index in [-0.39, 0.29) is 5.02 Å². The highest BCUT2D eigenvalue weighted by molar-refractivity contribution is 7.89. The van der Waals surface area contributed by atoms with Crippen LogP contribution in [0.2, 0.25) is 5.02 Å². The Bertz CT molecular complexity index is 575. The molecular formula is C8H9ClF2N2O4S. The third-order valence-electron chi connectivity index (χ3n) is 1.92. The van der Waals surface area contributed by atoms with E-state index in [1.165, 1.54) is 0 Å². The summed E-state index contributed by atoms with van der Waals surface area (Å²) >= 11 is 5.43. The summed E-state index contributed by atoms with van der Waals surface area (Å²) in [5, 5.41) is 8.42. The lowest BCUT2D eigenvalue weighted by atomic mass is 10.4. The van der Waals surface area contributed by atoms with Crippen molar-refractivity contribution in [2.45, 2.75) is 17.4 Å². The van der Waals surface area contributed by atoms with Crippen LogP contribution in [0.4, 0.5) is 8.78 Å². The van der Waals surface area contributed by atoms with Crippen molar-refractivity contribution in [3.8, 4) is 0 Å². The molecule has 3 N–H and O–H groups in total. The lowest BCUT2D eigenvalue weighted by Crippen LogP contribution is -2.36. The summed E-state index contributed by atoms with van der Waals surface area (Å²) in [6, 6.07) is 0.872. The highest BCUT2D eigenvalue weighted by Gasteiger charge is 2.21. The van der Waals surface area contributed by atoms with Crippen LogP contribution in [-0.2, 0) is 10.0 Å². The van der Waals surface area contributed by atoms with E-state index >= 15 is 0 Å². The van der Waals surface area contributed by atoms with Crippen LogP contribution < -0.4 is 10.3 Å². The summed E-state index contributed by atoms with van der Waals surface area (Å²) < 4.78 is 48.9. The topological polar surface area (TPSA) is 99.3 Å². The van der Waals surface area contributed by atoms with Crippen LogP contribution in [0.3, 0.4) is 0 Å². The zero-order valence-corrected chi connectivity index (χ0v) is 10.3. The molecule has 0 radical (unpaired) electrons. The maximum Gasteiger partial charge on any atom is 0.266 e. The van der Waals surface area contributed by atoms with Crippen molar-refractivity contribution >= 4 is 21.6 Å². The monoisotopic (exact) mass is 302 g/mol. The second-order valence-electron chi connectivity index (χ2n) is 3.27. The Morgan fingerprint density at radius 3 is 2.61 bits per heavy atom. The fourth-order valence-corrected chi connectivity index (χ4v) is 2.24. The van der Waals surface area contributed by atoms with Crippen LogP contribution in [0.5, 0.6) is 0 Å². The highest BCUT2D eigenvalue weighted by Crippen LogP contribution is 2.10. The SMILES string of the molecule is O=c1[nH]cc(S(=O)(=O)NCC(O)C(F)F)cc1Cl. The molecule has 102 valence electrons. The zero-order valence-electron chi connectivity index (χ0n) is 8.73. The van der Waals surface area contributed by atoms with Crippen LogP contribution in [0.25, 0.3) is 0 Å². The van der Waals surface area contributed by atoms with Gasteiger partial charge >= 0.3 is 0 Å². The number of H-pyrrole nitrogens is 1. The number of aromatic nitrogens is 1. The molecule has 0 aromatic carbocycles. The van der Waals surface area contributed by atoms with E-state index in [1.54, 1.807) is 4.72 Å². The van der Waals surface area contributed by atoms with Crippen LogP contribution >= 0.6 is 11.6 Å². The Morgan fingerprint density at radius 2 is 2.11 bits per heavy atom. The standard InChI is InChI=1S/C8H9ClF2N2O4S/c9-5-1-4(2-12-8(5)15)18(16,17)13-3-6(14)7(10)11/h1-2,6-7,13-14H,3H2,(H,12,15). The highest BCUT2D eigenvalue weighted by atomic mass is 35.5. The normalized spacial score (nSPS) is 13.8. The molecule has 0 aliphatic heterocycles. The summed E-state index contributed by atoms with van der Waals surface area (Å²) in [6.07, 6.45) is -4.31. The van der Waals surface area contributed by atoms with E-state index in [9.17, 15) is 22.0 Å². The molecule has 1 heterocycles. The van der Waals surface area contributed by atoms with Gasteiger partial charge in [0.05, 0.1) is 4.90 Å². The van der Waals surface area contributed by atoms with Gasteiger partial charge in [0.2, 0.25) is 10.0 Å². The van der Waals surface area contributed by atoms with Crippen LogP contribution in [0.15, 0.2) is 22.0 Å². The molecule has 0 aliphatic carbocycles. The molecule has 0 fully saturated rings. The van der Waals surface area contributed by atoms with Crippen molar-refractivity contribution in [2.24, 2.45) is 0 Å². The Hall–Kier alpha value is -1.03. The molecule has 1 unspecified atom stereocenters. The second kappa shape index (κ2) is 5.74. The molecule has 6 nitrogen and oxygen atoms in total. The molecule has 1 aromatic heterocycles. The average molecular weight is 303 g/mol. The molecule has 1 aromatic rings. The van der Waals surface area contributed by atoms with Crippen molar-refractivity contribution in [1.82, 2.24) is 9.71 Å². The molecule has 0 saturated carbocycles. The van der Waals surface area contributed by atoms with Gasteiger partial charge in [-0.25, -0.2) is 21.9 Å². The van der Waals surface area contributed by atoms with Gasteiger partial charge in [0.25, 0.3) is 12.0 Å². The molecule has 0 saturated heterocycles. The van der Waals surface area contributed by atoms with Crippen molar-refractivity contribution in [2.75, 3.05) is 6.54 Å². The number of rotatable bonds is 5. The Morgan fingerprint density at radius 1 is 1.50 bits per heavy atom. The number of aliphatic hydroxyl groups excluding tert-OH is 1. The predicted molar refractivity (Wildman–Crippen MR) is 59.3 cm³/mol. The Labute approximate surface area is 106 Å². The number of alkyl halides is 2. The van der Waals surface area contributed by atoms with Crippen molar-refractivity contribution in [3.63, 3.8) is 0 Å². The minimum absolute atomic E-state index is 0.354. The number of aromatic amines is 1. The van der Waals surface area contributed by atoms with Crippen LogP contribution in [-0.4, -0.2) is 37.6 Å². The van der Waals surface area contributed by atoms with Gasteiger partial charge in [-0.15, -0.1) is 0 Å². The quantitative estimate of drug-likeness (QED) is 0.709. The van der Waals surface area contributed by atoms with Gasteiger partial charge in [-0.3, -0.25) is 4.79 Å². The smallest absolute Gasteiger partial charge is 0.266 e. The molecule has 0 amide bonds. The fraction of sp³-hybridized carbons (Fsp3) is 0.375. The van der Waals surface area contributed by atoms with Gasteiger partial charge in [-0.05, 0) is 6.07 Å². The number of halogens is 3. The lowest BCUT2D eigenvalue weighted by molar-refractivity contribution is -0.000452. The van der Waals surface area contributed by atoms with Gasteiger partial charge in [-0.1, -0.05) is 11.6 Å². The molecule has 1 rings (SSSR count). The largest absolute Gasteiger partial charge is 0.386 e. The fourth-order valence-electron chi connectivity index (χ4n) is 0.960. The first kappa shape index (κ1) is 15.0. The van der Waals surface area contributed by atoms with E-state index < -0.39 is 39.6 Å². The van der Waals surface area contributed by atoms with Crippen LogP contribution in [0, 0.1) is 0 Å². The van der Waals surface area contributed by atoms with Crippen molar-refractivity contribution in [1.29, 1.82) is 0 Å². The minimum Gasteiger partial charge on any atom is -0.386 e. The van der Waals surface area contributed by atoms with Gasteiger partial charge in [0, 0.05) is 12.7 Å². The van der Waals surface area contributed by atoms with E-state index in [4.69, 9.17) is 16.7 Å². The van der Waals surface area contributed by atoms with E-state index in [0.29, 0.717) is 0 Å². The summed E-state index contributed by atoms with van der Waals surface area (Å²) in [5.74, 6) is 0. The minimum atomic E-state index is -4.13. The number of hydrogen-bond donors (Lipinski definition) is 3. The van der Waals surface area contributed by atoms with Gasteiger partial charge in [-0.2, -0.15) is 0 Å². The third kappa shape index (κ3) is 3.73. The molecule has 10 heteroatoms. The number of nitrogens with one attached hydrogen (secondary N) is 2. The summed E-state index contributed by atoms with van der Waals surface area (Å²) in [7, 11) is -4.13. The van der Waals surface area contributed by atoms with E-state index in [1.807, 2.05) is 0 Å². The zero-order chi connectivity index (χ0) is 13.9. The van der Waals surface area contributed by atoms with Crippen molar-refractivity contribution in [3.05, 3.63) is 27.6 Å². The van der Waals surface area contributed by atoms with E-state index in [2.05, 4.69) is 4.98 Å². The third-order valence-corrected chi connectivity index (χ3v) is 3.60. The number of sulfonamides is 1. The molecule has 1 atom stereocenters. The number of aliphatic hydroxyl groups is 1. The maximum atomic E-state index is 12.0. The first-order chi connectivity index (χ1) is 8.24. The van der Waals surface area contributed by atoms with Gasteiger partial charge < -0.3 is 10.1 Å². The molecule has 0 bridgehead atoms. The summed E-state index contributed by atoms with van der Waals surface area (Å²) in [4.78, 5) is 12.6. The molecule has 0 spiro atoms. The van der Waals surface area contributed by atoms with Gasteiger partial charge in [0.1, 0.15) is 11.1 Å². The maximum absolute atomic E-state index is 12.0.